The van der Waals surface area contributed by atoms with Crippen LogP contribution in [-0.4, -0.2) is 9.82 Å². The number of rotatable bonds is 5. The van der Waals surface area contributed by atoms with E-state index in [1.54, 1.807) is 17.6 Å². The van der Waals surface area contributed by atoms with E-state index in [0.29, 0.717) is 0 Å². The summed E-state index contributed by atoms with van der Waals surface area (Å²) in [7, 11) is 0. The predicted octanol–water partition coefficient (Wildman–Crippen LogP) is 7.41. The Morgan fingerprint density at radius 1 is 1.12 bits per heavy atom. The first-order chi connectivity index (χ1) is 11.7. The normalized spacial score (nSPS) is 17.0. The van der Waals surface area contributed by atoms with Crippen molar-refractivity contribution in [3.05, 3.63) is 58.3 Å². The molecule has 2 aromatic heterocycles. The minimum atomic E-state index is -0.240. The average Bonchev–Trinajstić information content (AvgIpc) is 3.19. The van der Waals surface area contributed by atoms with Gasteiger partial charge in [0.1, 0.15) is 11.5 Å². The molecule has 0 saturated heterocycles. The van der Waals surface area contributed by atoms with Crippen LogP contribution in [0.4, 0.5) is 0 Å². The number of hydrogen-bond donors (Lipinski definition) is 1. The van der Waals surface area contributed by atoms with Gasteiger partial charge in [-0.25, -0.2) is 0 Å². The van der Waals surface area contributed by atoms with Gasteiger partial charge < -0.3 is 4.42 Å². The molecule has 1 N–H and O–H groups in total. The van der Waals surface area contributed by atoms with Crippen molar-refractivity contribution in [2.24, 2.45) is 5.10 Å². The molecule has 0 aliphatic carbocycles. The van der Waals surface area contributed by atoms with Gasteiger partial charge in [0, 0.05) is 4.88 Å². The molecule has 25 heavy (non-hydrogen) atoms. The minimum absolute atomic E-state index is 0.0149. The van der Waals surface area contributed by atoms with Gasteiger partial charge in [0.05, 0.1) is 17.9 Å². The number of nitrogens with one attached hydrogen (secondary N) is 1. The number of allylic oxidation sites excluding steroid dienone is 2. The van der Waals surface area contributed by atoms with Crippen LogP contribution in [-0.2, 0) is 0 Å². The first-order valence-electron chi connectivity index (χ1n) is 6.74. The number of alkyl halides is 6. The number of halogens is 6. The maximum atomic E-state index is 5.77. The molecule has 2 aromatic rings. The maximum Gasteiger partial charge on any atom is 0.229 e. The molecule has 1 aliphatic rings. The third-order valence-electron chi connectivity index (χ3n) is 3.23. The van der Waals surface area contributed by atoms with E-state index in [-0.39, 0.29) is 4.91 Å². The van der Waals surface area contributed by atoms with Crippen molar-refractivity contribution in [1.29, 1.82) is 0 Å². The van der Waals surface area contributed by atoms with Gasteiger partial charge >= 0.3 is 0 Å². The fourth-order valence-electron chi connectivity index (χ4n) is 2.23. The van der Waals surface area contributed by atoms with Crippen LogP contribution in [0.1, 0.15) is 16.6 Å². The summed E-state index contributed by atoms with van der Waals surface area (Å²) < 4.78 is 5.39. The largest absolute Gasteiger partial charge is 0.468 e. The van der Waals surface area contributed by atoms with Crippen molar-refractivity contribution >= 4 is 153 Å². The van der Waals surface area contributed by atoms with Crippen molar-refractivity contribution < 1.29 is 4.42 Å². The Bertz CT molecular complexity index is 742. The molecule has 0 spiro atoms. The van der Waals surface area contributed by atoms with E-state index in [1.165, 1.54) is 4.88 Å². The Morgan fingerprint density at radius 3 is 2.40 bits per heavy atom. The molecule has 0 amide bonds. The smallest absolute Gasteiger partial charge is 0.229 e. The Labute approximate surface area is 231 Å². The predicted molar refractivity (Wildman–Crippen MR) is 155 cm³/mol. The molecule has 0 radical (unpaired) electrons. The molecule has 1 unspecified atom stereocenters. The third kappa shape index (κ3) is 5.71. The van der Waals surface area contributed by atoms with E-state index < -0.39 is 0 Å². The van der Waals surface area contributed by atoms with Crippen LogP contribution in [0.25, 0.3) is 0 Å². The van der Waals surface area contributed by atoms with E-state index >= 15 is 0 Å². The first-order valence-corrected chi connectivity index (χ1v) is 14.1. The Kier molecular flexibility index (Phi) is 7.96. The van der Waals surface area contributed by atoms with Crippen molar-refractivity contribution in [3.8, 4) is 0 Å². The molecule has 0 saturated carbocycles. The van der Waals surface area contributed by atoms with E-state index in [0.717, 1.165) is 17.2 Å². The van der Waals surface area contributed by atoms with Gasteiger partial charge in [-0.15, -0.1) is 11.3 Å². The van der Waals surface area contributed by atoms with Gasteiger partial charge in [-0.1, -0.05) is 6.07 Å². The average molecular weight is 1030 g/mol. The lowest BCUT2D eigenvalue weighted by Gasteiger charge is -2.36. The minimum Gasteiger partial charge on any atom is -0.468 e. The summed E-state index contributed by atoms with van der Waals surface area (Å²) in [5.41, 5.74) is 5.56. The van der Waals surface area contributed by atoms with Gasteiger partial charge in [-0.05, 0) is 165 Å². The maximum absolute atomic E-state index is 5.77. The van der Waals surface area contributed by atoms with Crippen LogP contribution in [0.5, 0.6) is 0 Å². The van der Waals surface area contributed by atoms with Gasteiger partial charge in [0.25, 0.3) is 0 Å². The standard InChI is InChI=1S/C14H9I6N3OS/c15-13(16,17)11-7-8(21-23(22-11)14(18,19)20)12(9-3-1-5-24-9)10-4-2-6-25-10/h1-7,12,21H. The van der Waals surface area contributed by atoms with Crippen molar-refractivity contribution in [1.82, 2.24) is 10.5 Å². The van der Waals surface area contributed by atoms with Crippen LogP contribution < -0.4 is 5.43 Å². The second-order valence-corrected chi connectivity index (χ2v) is 27.8. The van der Waals surface area contributed by atoms with Crippen LogP contribution in [0.2, 0.25) is 0 Å². The van der Waals surface area contributed by atoms with Crippen LogP contribution in [0, 0.1) is 0 Å². The molecule has 0 bridgehead atoms. The monoisotopic (exact) mass is 1030 g/mol. The van der Waals surface area contributed by atoms with E-state index in [9.17, 15) is 0 Å². The molecule has 0 aromatic carbocycles. The third-order valence-corrected chi connectivity index (χ3v) is 7.20. The second kappa shape index (κ2) is 9.02. The molecule has 134 valence electrons. The fourth-order valence-corrected chi connectivity index (χ4v) is 4.55. The Morgan fingerprint density at radius 2 is 1.88 bits per heavy atom. The highest BCUT2D eigenvalue weighted by Crippen LogP contribution is 2.45. The van der Waals surface area contributed by atoms with Crippen molar-refractivity contribution in [2.45, 2.75) is 4.91 Å². The highest BCUT2D eigenvalue weighted by atomic mass is 127. The number of hydrogen-bond acceptors (Lipinski definition) is 5. The summed E-state index contributed by atoms with van der Waals surface area (Å²) in [6, 6.07) is 8.18. The number of hydrazine groups is 1. The number of nitrogens with zero attached hydrogens (tertiary/aromatic N) is 2. The van der Waals surface area contributed by atoms with E-state index in [2.05, 4.69) is 165 Å². The summed E-state index contributed by atoms with van der Waals surface area (Å²) in [6.45, 7) is 0. The SMILES string of the molecule is IC(I)(I)C1=NN(C(I)(I)I)NC(C(c2ccco2)c2cccs2)=C1. The quantitative estimate of drug-likeness (QED) is 0.193. The first kappa shape index (κ1) is 22.1. The zero-order valence-electron chi connectivity index (χ0n) is 12.1. The number of furan rings is 1. The summed E-state index contributed by atoms with van der Waals surface area (Å²) in [4.78, 5) is 1.23. The molecule has 4 nitrogen and oxygen atoms in total. The van der Waals surface area contributed by atoms with Crippen LogP contribution in [0.3, 0.4) is 0 Å². The number of thiophene rings is 1. The van der Waals surface area contributed by atoms with Gasteiger partial charge in [0.15, 0.2) is -0.565 Å². The lowest BCUT2D eigenvalue weighted by molar-refractivity contribution is 0.245. The zero-order valence-corrected chi connectivity index (χ0v) is 25.9. The second-order valence-electron chi connectivity index (χ2n) is 4.94. The van der Waals surface area contributed by atoms with E-state index in [4.69, 9.17) is 9.52 Å². The van der Waals surface area contributed by atoms with E-state index in [1.807, 2.05) is 17.3 Å². The summed E-state index contributed by atoms with van der Waals surface area (Å²) in [5.74, 6) is 0.936. The van der Waals surface area contributed by atoms with Gasteiger partial charge in [-0.3, -0.25) is 5.43 Å². The number of hydrazone groups is 1. The van der Waals surface area contributed by atoms with Crippen LogP contribution in [0.15, 0.2) is 57.2 Å². The molecule has 0 fully saturated rings. The van der Waals surface area contributed by atoms with Crippen molar-refractivity contribution in [3.63, 3.8) is 0 Å². The van der Waals surface area contributed by atoms with Gasteiger partial charge in [-0.2, -0.15) is 10.2 Å². The summed E-state index contributed by atoms with van der Waals surface area (Å²) in [6.07, 6.45) is 3.87. The topological polar surface area (TPSA) is 40.8 Å². The highest BCUT2D eigenvalue weighted by molar-refractivity contribution is 14.3. The fraction of sp³-hybridized carbons (Fsp3) is 0.214. The Hall–Kier alpha value is 2.37. The molecule has 1 aliphatic heterocycles. The van der Waals surface area contributed by atoms with Crippen molar-refractivity contribution in [2.75, 3.05) is 0 Å². The zero-order chi connectivity index (χ0) is 18.2. The highest BCUT2D eigenvalue weighted by Gasteiger charge is 2.37. The lowest BCUT2D eigenvalue weighted by Crippen LogP contribution is -2.46. The Balaban J connectivity index is 2.09. The molecule has 3 heterocycles. The lowest BCUT2D eigenvalue weighted by atomic mass is 9.99. The molecule has 11 heteroatoms. The molecular weight excluding hydrogens is 1020 g/mol. The molecule has 3 rings (SSSR count). The summed E-state index contributed by atoms with van der Waals surface area (Å²) in [5, 5.41) is 8.82. The molecular formula is C14H9I6N3OS. The van der Waals surface area contributed by atoms with Crippen LogP contribution >= 0.6 is 147 Å². The molecule has 1 atom stereocenters. The van der Waals surface area contributed by atoms with Gasteiger partial charge in [0.2, 0.25) is -0.441 Å². The summed E-state index contributed by atoms with van der Waals surface area (Å²) >= 11 is 16.1.